The topological polar surface area (TPSA) is 50.7 Å². The molecule has 0 aromatic heterocycles. The summed E-state index contributed by atoms with van der Waals surface area (Å²) in [5.74, 6) is 0.886. The van der Waals surface area contributed by atoms with Crippen LogP contribution in [0.3, 0.4) is 0 Å². The van der Waals surface area contributed by atoms with Crippen LogP contribution in [0.25, 0.3) is 0 Å². The molecule has 0 aromatic carbocycles. The van der Waals surface area contributed by atoms with Crippen molar-refractivity contribution >= 4 is 23.4 Å². The standard InChI is InChI=1S/C15H18N2O2S/c1-12(14-9-6-10-20-14)17-19-11-15(18)16-13-7-4-2-3-5-8-13/h2,4-5,7-9H,3,6,10-11H2,1H3,(H,16,18)/b17-12-. The van der Waals surface area contributed by atoms with Gasteiger partial charge in [-0.2, -0.15) is 0 Å². The van der Waals surface area contributed by atoms with Gasteiger partial charge in [0.05, 0.1) is 5.71 Å². The number of rotatable bonds is 5. The van der Waals surface area contributed by atoms with Gasteiger partial charge in [-0.3, -0.25) is 4.79 Å². The van der Waals surface area contributed by atoms with E-state index in [0.29, 0.717) is 0 Å². The predicted molar refractivity (Wildman–Crippen MR) is 83.3 cm³/mol. The highest BCUT2D eigenvalue weighted by Gasteiger charge is 2.09. The van der Waals surface area contributed by atoms with E-state index in [9.17, 15) is 4.79 Å². The van der Waals surface area contributed by atoms with Crippen LogP contribution in [-0.4, -0.2) is 24.0 Å². The molecule has 1 N–H and O–H groups in total. The van der Waals surface area contributed by atoms with Crippen molar-refractivity contribution in [3.05, 3.63) is 47.1 Å². The highest BCUT2D eigenvalue weighted by Crippen LogP contribution is 2.25. The second kappa shape index (κ2) is 7.75. The molecule has 0 fully saturated rings. The lowest BCUT2D eigenvalue weighted by atomic mass is 10.3. The average molecular weight is 290 g/mol. The van der Waals surface area contributed by atoms with Crippen LogP contribution in [0.15, 0.2) is 52.2 Å². The fraction of sp³-hybridized carbons (Fsp3) is 0.333. The van der Waals surface area contributed by atoms with Gasteiger partial charge in [-0.15, -0.1) is 11.8 Å². The number of hydrogen-bond acceptors (Lipinski definition) is 4. The van der Waals surface area contributed by atoms with E-state index in [1.807, 2.05) is 37.3 Å². The van der Waals surface area contributed by atoms with E-state index in [1.54, 1.807) is 11.8 Å². The first-order chi connectivity index (χ1) is 9.75. The van der Waals surface area contributed by atoms with Gasteiger partial charge in [0, 0.05) is 16.4 Å². The van der Waals surface area contributed by atoms with Gasteiger partial charge in [-0.25, -0.2) is 0 Å². The van der Waals surface area contributed by atoms with Crippen molar-refractivity contribution in [2.24, 2.45) is 5.16 Å². The second-order valence-electron chi connectivity index (χ2n) is 4.39. The number of nitrogens with one attached hydrogen (secondary N) is 1. The molecule has 1 amide bonds. The van der Waals surface area contributed by atoms with Gasteiger partial charge in [0.1, 0.15) is 0 Å². The normalized spacial score (nSPS) is 18.4. The molecule has 0 saturated carbocycles. The van der Waals surface area contributed by atoms with Crippen LogP contribution in [0.5, 0.6) is 0 Å². The number of amides is 1. The summed E-state index contributed by atoms with van der Waals surface area (Å²) >= 11 is 1.76. The van der Waals surface area contributed by atoms with E-state index in [2.05, 4.69) is 16.5 Å². The Morgan fingerprint density at radius 1 is 1.50 bits per heavy atom. The van der Waals surface area contributed by atoms with Crippen LogP contribution >= 0.6 is 11.8 Å². The van der Waals surface area contributed by atoms with Crippen molar-refractivity contribution in [3.63, 3.8) is 0 Å². The van der Waals surface area contributed by atoms with E-state index in [4.69, 9.17) is 4.84 Å². The average Bonchev–Trinajstić information content (AvgIpc) is 2.85. The Hall–Kier alpha value is -1.75. The molecule has 4 nitrogen and oxygen atoms in total. The third-order valence-electron chi connectivity index (χ3n) is 2.72. The van der Waals surface area contributed by atoms with Gasteiger partial charge >= 0.3 is 0 Å². The second-order valence-corrected chi connectivity index (χ2v) is 5.53. The third-order valence-corrected chi connectivity index (χ3v) is 3.94. The van der Waals surface area contributed by atoms with Crippen LogP contribution in [0, 0.1) is 0 Å². The third kappa shape index (κ3) is 4.74. The predicted octanol–water partition coefficient (Wildman–Crippen LogP) is 2.92. The Labute approximate surface area is 123 Å². The smallest absolute Gasteiger partial charge is 0.265 e. The van der Waals surface area contributed by atoms with E-state index < -0.39 is 0 Å². The zero-order valence-corrected chi connectivity index (χ0v) is 12.3. The lowest BCUT2D eigenvalue weighted by Gasteiger charge is -2.05. The number of oxime groups is 1. The van der Waals surface area contributed by atoms with Crippen molar-refractivity contribution in [2.75, 3.05) is 12.4 Å². The molecule has 1 heterocycles. The Morgan fingerprint density at radius 3 is 3.20 bits per heavy atom. The minimum absolute atomic E-state index is 0.0792. The van der Waals surface area contributed by atoms with Crippen molar-refractivity contribution in [1.29, 1.82) is 0 Å². The SMILES string of the molecule is C/C(=N/OCC(=O)NC1=CC=CCC=C1)C1=CCCS1. The van der Waals surface area contributed by atoms with Gasteiger partial charge in [0.2, 0.25) is 0 Å². The Morgan fingerprint density at radius 2 is 2.40 bits per heavy atom. The molecule has 2 aliphatic rings. The molecule has 0 spiro atoms. The first-order valence-corrected chi connectivity index (χ1v) is 7.57. The number of hydrogen-bond donors (Lipinski definition) is 1. The maximum atomic E-state index is 11.7. The lowest BCUT2D eigenvalue weighted by Crippen LogP contribution is -2.25. The summed E-state index contributed by atoms with van der Waals surface area (Å²) in [5, 5.41) is 6.75. The maximum Gasteiger partial charge on any atom is 0.265 e. The van der Waals surface area contributed by atoms with Gasteiger partial charge in [-0.05, 0) is 31.9 Å². The van der Waals surface area contributed by atoms with Crippen molar-refractivity contribution in [2.45, 2.75) is 19.8 Å². The summed E-state index contributed by atoms with van der Waals surface area (Å²) in [6.45, 7) is 1.81. The maximum absolute atomic E-state index is 11.7. The summed E-state index contributed by atoms with van der Waals surface area (Å²) in [6.07, 6.45) is 13.8. The molecule has 1 aliphatic heterocycles. The fourth-order valence-corrected chi connectivity index (χ4v) is 2.70. The van der Waals surface area contributed by atoms with Crippen molar-refractivity contribution in [3.8, 4) is 0 Å². The fourth-order valence-electron chi connectivity index (χ4n) is 1.76. The zero-order valence-electron chi connectivity index (χ0n) is 11.5. The molecule has 0 radical (unpaired) electrons. The molecule has 1 aliphatic carbocycles. The van der Waals surface area contributed by atoms with E-state index in [0.717, 1.165) is 34.9 Å². The molecule has 0 aromatic rings. The molecule has 0 atom stereocenters. The van der Waals surface area contributed by atoms with E-state index in [-0.39, 0.29) is 12.5 Å². The highest BCUT2D eigenvalue weighted by atomic mass is 32.2. The van der Waals surface area contributed by atoms with Gasteiger partial charge < -0.3 is 10.2 Å². The van der Waals surface area contributed by atoms with E-state index in [1.165, 1.54) is 0 Å². The lowest BCUT2D eigenvalue weighted by molar-refractivity contribution is -0.124. The quantitative estimate of drug-likeness (QED) is 0.625. The molecule has 5 heteroatoms. The van der Waals surface area contributed by atoms with Crippen LogP contribution in [0.2, 0.25) is 0 Å². The van der Waals surface area contributed by atoms with Crippen LogP contribution in [-0.2, 0) is 9.63 Å². The van der Waals surface area contributed by atoms with Gasteiger partial charge in [0.25, 0.3) is 5.91 Å². The monoisotopic (exact) mass is 290 g/mol. The number of thioether (sulfide) groups is 1. The summed E-state index contributed by atoms with van der Waals surface area (Å²) in [7, 11) is 0. The molecule has 0 saturated heterocycles. The number of carbonyl (C=O) groups is 1. The van der Waals surface area contributed by atoms with Gasteiger partial charge in [0.15, 0.2) is 6.61 Å². The molecule has 20 heavy (non-hydrogen) atoms. The summed E-state index contributed by atoms with van der Waals surface area (Å²) < 4.78 is 0. The largest absolute Gasteiger partial charge is 0.385 e. The minimum atomic E-state index is -0.208. The van der Waals surface area contributed by atoms with Crippen molar-refractivity contribution in [1.82, 2.24) is 5.32 Å². The molecule has 0 bridgehead atoms. The Balaban J connectivity index is 1.76. The van der Waals surface area contributed by atoms with Crippen LogP contribution < -0.4 is 5.32 Å². The number of nitrogens with zero attached hydrogens (tertiary/aromatic N) is 1. The van der Waals surface area contributed by atoms with E-state index >= 15 is 0 Å². The molecule has 2 rings (SSSR count). The minimum Gasteiger partial charge on any atom is -0.385 e. The van der Waals surface area contributed by atoms with Crippen LogP contribution in [0.4, 0.5) is 0 Å². The summed E-state index contributed by atoms with van der Waals surface area (Å²) in [6, 6.07) is 0. The molecular formula is C15H18N2O2S. The Bertz CT molecular complexity index is 516. The summed E-state index contributed by atoms with van der Waals surface area (Å²) in [4.78, 5) is 17.9. The first kappa shape index (κ1) is 14.7. The Kier molecular flexibility index (Phi) is 5.68. The first-order valence-electron chi connectivity index (χ1n) is 6.59. The van der Waals surface area contributed by atoms with Crippen molar-refractivity contribution < 1.29 is 9.63 Å². The van der Waals surface area contributed by atoms with Crippen LogP contribution in [0.1, 0.15) is 19.8 Å². The highest BCUT2D eigenvalue weighted by molar-refractivity contribution is 8.04. The summed E-state index contributed by atoms with van der Waals surface area (Å²) in [5.41, 5.74) is 1.60. The number of allylic oxidation sites excluding steroid dienone is 7. The van der Waals surface area contributed by atoms with Gasteiger partial charge in [-0.1, -0.05) is 29.5 Å². The molecule has 106 valence electrons. The molecular weight excluding hydrogens is 272 g/mol. The zero-order chi connectivity index (χ0) is 14.2. The number of carbonyl (C=O) groups excluding carboxylic acids is 1. The molecule has 0 unspecified atom stereocenters.